The van der Waals surface area contributed by atoms with Gasteiger partial charge in [0.2, 0.25) is 0 Å². The largest absolute Gasteiger partial charge is 0.497 e. The van der Waals surface area contributed by atoms with Crippen LogP contribution in [-0.4, -0.2) is 12.9 Å². The molecule has 0 N–H and O–H groups in total. The second-order valence-electron chi connectivity index (χ2n) is 4.23. The summed E-state index contributed by atoms with van der Waals surface area (Å²) in [5, 5.41) is 0. The smallest absolute Gasteiger partial charge is 0.200 e. The van der Waals surface area contributed by atoms with Gasteiger partial charge in [-0.15, -0.1) is 0 Å². The van der Waals surface area contributed by atoms with E-state index in [2.05, 4.69) is 15.9 Å². The molecule has 0 radical (unpaired) electrons. The molecule has 0 saturated carbocycles. The molecule has 2 aromatic carbocycles. The number of methoxy groups -OCH3 is 1. The minimum absolute atomic E-state index is 0.0276. The van der Waals surface area contributed by atoms with Crippen molar-refractivity contribution < 1.29 is 18.3 Å². The number of halogens is 3. The van der Waals surface area contributed by atoms with E-state index in [4.69, 9.17) is 4.74 Å². The Morgan fingerprint density at radius 1 is 1.20 bits per heavy atom. The second kappa shape index (κ2) is 5.71. The summed E-state index contributed by atoms with van der Waals surface area (Å²) >= 11 is 3.26. The molecule has 0 fully saturated rings. The summed E-state index contributed by atoms with van der Waals surface area (Å²) in [6, 6.07) is 6.94. The molecule has 2 nitrogen and oxygen atoms in total. The lowest BCUT2D eigenvalue weighted by atomic mass is 10.0. The minimum atomic E-state index is -0.944. The molecule has 0 saturated heterocycles. The third kappa shape index (κ3) is 2.58. The monoisotopic (exact) mass is 340 g/mol. The Kier molecular flexibility index (Phi) is 4.18. The van der Waals surface area contributed by atoms with Crippen LogP contribution in [0.15, 0.2) is 34.8 Å². The standard InChI is InChI=1S/C15H11BrF2O2/c1-8-4-3-5-10(14(8)16)15(19)13-11(17)6-9(20-2)7-12(13)18/h3-7H,1-2H3. The van der Waals surface area contributed by atoms with Gasteiger partial charge in [0.05, 0.1) is 12.7 Å². The Bertz CT molecular complexity index is 661. The fourth-order valence-corrected chi connectivity index (χ4v) is 2.29. The molecule has 0 aliphatic rings. The molecule has 2 aromatic rings. The van der Waals surface area contributed by atoms with Crippen molar-refractivity contribution in [2.24, 2.45) is 0 Å². The van der Waals surface area contributed by atoms with Gasteiger partial charge in [0.1, 0.15) is 17.4 Å². The van der Waals surface area contributed by atoms with E-state index >= 15 is 0 Å². The number of ether oxygens (including phenoxy) is 1. The summed E-state index contributed by atoms with van der Waals surface area (Å²) in [5.74, 6) is -2.57. The van der Waals surface area contributed by atoms with Crippen LogP contribution in [0.2, 0.25) is 0 Å². The summed E-state index contributed by atoms with van der Waals surface area (Å²) < 4.78 is 33.1. The van der Waals surface area contributed by atoms with Crippen LogP contribution < -0.4 is 4.74 Å². The number of hydrogen-bond donors (Lipinski definition) is 0. The highest BCUT2D eigenvalue weighted by atomic mass is 79.9. The lowest BCUT2D eigenvalue weighted by Gasteiger charge is -2.09. The molecule has 0 bridgehead atoms. The second-order valence-corrected chi connectivity index (χ2v) is 5.02. The molecule has 2 rings (SSSR count). The Balaban J connectivity index is 2.57. The maximum Gasteiger partial charge on any atom is 0.200 e. The van der Waals surface area contributed by atoms with Crippen LogP contribution >= 0.6 is 15.9 Å². The average molecular weight is 341 g/mol. The van der Waals surface area contributed by atoms with E-state index in [0.717, 1.165) is 17.7 Å². The van der Waals surface area contributed by atoms with E-state index in [1.165, 1.54) is 13.2 Å². The van der Waals surface area contributed by atoms with E-state index in [1.54, 1.807) is 19.1 Å². The number of benzene rings is 2. The Morgan fingerprint density at radius 2 is 1.80 bits per heavy atom. The van der Waals surface area contributed by atoms with Crippen molar-refractivity contribution in [2.45, 2.75) is 6.92 Å². The fraction of sp³-hybridized carbons (Fsp3) is 0.133. The third-order valence-electron chi connectivity index (χ3n) is 2.91. The first kappa shape index (κ1) is 14.7. The Morgan fingerprint density at radius 3 is 2.35 bits per heavy atom. The number of ketones is 1. The van der Waals surface area contributed by atoms with Crippen molar-refractivity contribution in [2.75, 3.05) is 7.11 Å². The molecule has 0 aliphatic heterocycles. The van der Waals surface area contributed by atoms with Gasteiger partial charge in [-0.1, -0.05) is 12.1 Å². The molecule has 0 unspecified atom stereocenters. The van der Waals surface area contributed by atoms with E-state index in [1.807, 2.05) is 0 Å². The van der Waals surface area contributed by atoms with Gasteiger partial charge in [-0.3, -0.25) is 4.79 Å². The first-order valence-corrected chi connectivity index (χ1v) is 6.58. The van der Waals surface area contributed by atoms with Crippen LogP contribution in [-0.2, 0) is 0 Å². The normalized spacial score (nSPS) is 10.4. The maximum absolute atomic E-state index is 13.9. The van der Waals surface area contributed by atoms with Crippen LogP contribution in [0.5, 0.6) is 5.75 Å². The molecule has 0 amide bonds. The fourth-order valence-electron chi connectivity index (χ4n) is 1.84. The maximum atomic E-state index is 13.9. The molecule has 0 heterocycles. The lowest BCUT2D eigenvalue weighted by molar-refractivity contribution is 0.103. The van der Waals surface area contributed by atoms with Crippen LogP contribution in [0.4, 0.5) is 8.78 Å². The first-order chi connectivity index (χ1) is 9.45. The summed E-state index contributed by atoms with van der Waals surface area (Å²) in [4.78, 5) is 12.3. The zero-order valence-corrected chi connectivity index (χ0v) is 12.4. The predicted molar refractivity (Wildman–Crippen MR) is 75.2 cm³/mol. The van der Waals surface area contributed by atoms with E-state index < -0.39 is 23.0 Å². The van der Waals surface area contributed by atoms with Crippen molar-refractivity contribution >= 4 is 21.7 Å². The quantitative estimate of drug-likeness (QED) is 0.779. The van der Waals surface area contributed by atoms with Crippen LogP contribution in [0.3, 0.4) is 0 Å². The molecule has 5 heteroatoms. The first-order valence-electron chi connectivity index (χ1n) is 5.78. The van der Waals surface area contributed by atoms with Gasteiger partial charge >= 0.3 is 0 Å². The summed E-state index contributed by atoms with van der Waals surface area (Å²) in [6.07, 6.45) is 0. The predicted octanol–water partition coefficient (Wildman–Crippen LogP) is 4.28. The number of hydrogen-bond acceptors (Lipinski definition) is 2. The van der Waals surface area contributed by atoms with E-state index in [-0.39, 0.29) is 11.3 Å². The van der Waals surface area contributed by atoms with E-state index in [9.17, 15) is 13.6 Å². The number of rotatable bonds is 3. The molecule has 0 atom stereocenters. The van der Waals surface area contributed by atoms with Gasteiger partial charge in [0, 0.05) is 22.2 Å². The van der Waals surface area contributed by atoms with Crippen molar-refractivity contribution in [3.8, 4) is 5.75 Å². The number of carbonyl (C=O) groups is 1. The van der Waals surface area contributed by atoms with Crippen molar-refractivity contribution in [3.63, 3.8) is 0 Å². The SMILES string of the molecule is COc1cc(F)c(C(=O)c2cccc(C)c2Br)c(F)c1. The van der Waals surface area contributed by atoms with Crippen LogP contribution in [0, 0.1) is 18.6 Å². The summed E-state index contributed by atoms with van der Waals surface area (Å²) in [5.41, 5.74) is 0.440. The highest BCUT2D eigenvalue weighted by Gasteiger charge is 2.22. The van der Waals surface area contributed by atoms with E-state index in [0.29, 0.717) is 4.47 Å². The van der Waals surface area contributed by atoms with Crippen LogP contribution in [0.1, 0.15) is 21.5 Å². The number of aryl methyl sites for hydroxylation is 1. The Hall–Kier alpha value is -1.75. The summed E-state index contributed by atoms with van der Waals surface area (Å²) in [7, 11) is 1.30. The molecular formula is C15H11BrF2O2. The topological polar surface area (TPSA) is 26.3 Å². The zero-order valence-electron chi connectivity index (χ0n) is 10.8. The molecule has 0 aliphatic carbocycles. The van der Waals surface area contributed by atoms with Gasteiger partial charge in [0.25, 0.3) is 0 Å². The molecular weight excluding hydrogens is 330 g/mol. The van der Waals surface area contributed by atoms with Gasteiger partial charge in [-0.25, -0.2) is 8.78 Å². The van der Waals surface area contributed by atoms with Crippen molar-refractivity contribution in [1.29, 1.82) is 0 Å². The molecule has 0 spiro atoms. The molecule has 20 heavy (non-hydrogen) atoms. The summed E-state index contributed by atoms with van der Waals surface area (Å²) in [6.45, 7) is 1.79. The highest BCUT2D eigenvalue weighted by Crippen LogP contribution is 2.27. The van der Waals surface area contributed by atoms with Gasteiger partial charge in [-0.05, 0) is 34.5 Å². The zero-order chi connectivity index (χ0) is 14.9. The highest BCUT2D eigenvalue weighted by molar-refractivity contribution is 9.10. The van der Waals surface area contributed by atoms with Gasteiger partial charge in [0.15, 0.2) is 5.78 Å². The van der Waals surface area contributed by atoms with Crippen molar-refractivity contribution in [3.05, 3.63) is 63.1 Å². The average Bonchev–Trinajstić information content (AvgIpc) is 2.40. The lowest BCUT2D eigenvalue weighted by Crippen LogP contribution is -2.09. The number of carbonyl (C=O) groups excluding carboxylic acids is 1. The Labute approximate surface area is 123 Å². The molecule has 104 valence electrons. The molecule has 0 aromatic heterocycles. The van der Waals surface area contributed by atoms with Gasteiger partial charge < -0.3 is 4.74 Å². The van der Waals surface area contributed by atoms with Crippen molar-refractivity contribution in [1.82, 2.24) is 0 Å². The minimum Gasteiger partial charge on any atom is -0.497 e. The third-order valence-corrected chi connectivity index (χ3v) is 3.97. The van der Waals surface area contributed by atoms with Crippen LogP contribution in [0.25, 0.3) is 0 Å². The van der Waals surface area contributed by atoms with Gasteiger partial charge in [-0.2, -0.15) is 0 Å².